The Labute approximate surface area is 140 Å². The van der Waals surface area contributed by atoms with Gasteiger partial charge in [0.2, 0.25) is 0 Å². The second-order valence-electron chi connectivity index (χ2n) is 6.14. The lowest BCUT2D eigenvalue weighted by Crippen LogP contribution is -2.28. The lowest BCUT2D eigenvalue weighted by atomic mass is 10.1. The van der Waals surface area contributed by atoms with Gasteiger partial charge in [-0.3, -0.25) is 4.79 Å². The molecule has 1 aromatic carbocycles. The van der Waals surface area contributed by atoms with Crippen molar-refractivity contribution in [3.63, 3.8) is 0 Å². The first kappa shape index (κ1) is 15.0. The predicted octanol–water partition coefficient (Wildman–Crippen LogP) is 1.88. The molecular weight excluding hydrogens is 308 g/mol. The van der Waals surface area contributed by atoms with Crippen LogP contribution in [0.3, 0.4) is 0 Å². The van der Waals surface area contributed by atoms with Crippen molar-refractivity contribution in [2.75, 3.05) is 13.2 Å². The summed E-state index contributed by atoms with van der Waals surface area (Å²) in [6.45, 7) is 4.08. The molecule has 2 aliphatic heterocycles. The van der Waals surface area contributed by atoms with E-state index in [0.29, 0.717) is 30.3 Å². The molecule has 126 valence electrons. The van der Waals surface area contributed by atoms with Crippen molar-refractivity contribution in [3.8, 4) is 11.5 Å². The van der Waals surface area contributed by atoms with E-state index in [1.165, 1.54) is 0 Å². The number of hydrogen-bond acceptors (Lipinski definition) is 5. The normalized spacial score (nSPS) is 17.0. The van der Waals surface area contributed by atoms with E-state index >= 15 is 0 Å². The van der Waals surface area contributed by atoms with Gasteiger partial charge in [0.1, 0.15) is 5.82 Å². The van der Waals surface area contributed by atoms with Gasteiger partial charge in [0, 0.05) is 24.9 Å². The first-order valence-corrected chi connectivity index (χ1v) is 8.35. The monoisotopic (exact) mass is 328 g/mol. The van der Waals surface area contributed by atoms with Gasteiger partial charge >= 0.3 is 0 Å². The second-order valence-corrected chi connectivity index (χ2v) is 6.14. The van der Waals surface area contributed by atoms with E-state index in [1.54, 1.807) is 18.2 Å². The Hall–Kier alpha value is -2.57. The fraction of sp³-hybridized carbons (Fsp3) is 0.471. The molecule has 2 aromatic rings. The van der Waals surface area contributed by atoms with Crippen molar-refractivity contribution in [2.24, 2.45) is 0 Å². The second kappa shape index (κ2) is 6.14. The molecule has 3 heterocycles. The molecule has 0 fully saturated rings. The third kappa shape index (κ3) is 2.70. The van der Waals surface area contributed by atoms with Crippen LogP contribution in [0, 0.1) is 0 Å². The van der Waals surface area contributed by atoms with Crippen LogP contribution in [-0.4, -0.2) is 33.9 Å². The standard InChI is InChI=1S/C17H20N4O3/c1-11(16-20-19-15-4-2-7-21(15)16)18-17(22)12-5-6-13-14(10-12)24-9-3-8-23-13/h5-6,10-11H,2-4,7-9H2,1H3,(H,18,22). The summed E-state index contributed by atoms with van der Waals surface area (Å²) in [5, 5.41) is 11.4. The number of ether oxygens (including phenoxy) is 2. The first-order valence-electron chi connectivity index (χ1n) is 8.35. The average Bonchev–Trinajstić information content (AvgIpc) is 3.11. The third-order valence-electron chi connectivity index (χ3n) is 4.38. The fourth-order valence-electron chi connectivity index (χ4n) is 3.14. The zero-order valence-corrected chi connectivity index (χ0v) is 13.6. The molecule has 1 amide bonds. The van der Waals surface area contributed by atoms with Gasteiger partial charge < -0.3 is 19.4 Å². The summed E-state index contributed by atoms with van der Waals surface area (Å²) < 4.78 is 13.3. The van der Waals surface area contributed by atoms with Gasteiger partial charge in [-0.05, 0) is 31.5 Å². The maximum absolute atomic E-state index is 12.6. The van der Waals surface area contributed by atoms with E-state index in [-0.39, 0.29) is 11.9 Å². The molecule has 7 heteroatoms. The van der Waals surface area contributed by atoms with E-state index in [2.05, 4.69) is 20.1 Å². The van der Waals surface area contributed by atoms with Crippen molar-refractivity contribution in [1.29, 1.82) is 0 Å². The summed E-state index contributed by atoms with van der Waals surface area (Å²) >= 11 is 0. The highest BCUT2D eigenvalue weighted by atomic mass is 16.5. The van der Waals surface area contributed by atoms with Crippen LogP contribution in [0.1, 0.15) is 47.8 Å². The molecule has 1 aromatic heterocycles. The smallest absolute Gasteiger partial charge is 0.252 e. The minimum Gasteiger partial charge on any atom is -0.490 e. The van der Waals surface area contributed by atoms with Crippen LogP contribution in [0.5, 0.6) is 11.5 Å². The lowest BCUT2D eigenvalue weighted by molar-refractivity contribution is 0.0937. The number of amides is 1. The van der Waals surface area contributed by atoms with Crippen LogP contribution in [0.25, 0.3) is 0 Å². The van der Waals surface area contributed by atoms with Crippen LogP contribution in [0.4, 0.5) is 0 Å². The minimum atomic E-state index is -0.201. The highest BCUT2D eigenvalue weighted by Gasteiger charge is 2.23. The van der Waals surface area contributed by atoms with Crippen LogP contribution < -0.4 is 14.8 Å². The number of hydrogen-bond donors (Lipinski definition) is 1. The van der Waals surface area contributed by atoms with Crippen LogP contribution >= 0.6 is 0 Å². The number of fused-ring (bicyclic) bond motifs is 2. The van der Waals surface area contributed by atoms with Gasteiger partial charge in [-0.1, -0.05) is 0 Å². The summed E-state index contributed by atoms with van der Waals surface area (Å²) in [4.78, 5) is 12.6. The van der Waals surface area contributed by atoms with Crippen molar-refractivity contribution in [3.05, 3.63) is 35.4 Å². The molecular formula is C17H20N4O3. The maximum Gasteiger partial charge on any atom is 0.252 e. The Morgan fingerprint density at radius 2 is 2.04 bits per heavy atom. The Bertz CT molecular complexity index is 771. The molecule has 0 radical (unpaired) electrons. The Morgan fingerprint density at radius 3 is 2.92 bits per heavy atom. The molecule has 0 saturated heterocycles. The van der Waals surface area contributed by atoms with E-state index < -0.39 is 0 Å². The molecule has 0 bridgehead atoms. The fourth-order valence-corrected chi connectivity index (χ4v) is 3.14. The molecule has 1 N–H and O–H groups in total. The summed E-state index contributed by atoms with van der Waals surface area (Å²) in [6.07, 6.45) is 2.88. The Balaban J connectivity index is 1.50. The average molecular weight is 328 g/mol. The summed E-state index contributed by atoms with van der Waals surface area (Å²) in [5.74, 6) is 2.96. The Morgan fingerprint density at radius 1 is 1.21 bits per heavy atom. The summed E-state index contributed by atoms with van der Waals surface area (Å²) in [5.41, 5.74) is 0.548. The number of aromatic nitrogens is 3. The third-order valence-corrected chi connectivity index (χ3v) is 4.38. The molecule has 0 spiro atoms. The van der Waals surface area contributed by atoms with Gasteiger partial charge in [0.05, 0.1) is 19.3 Å². The molecule has 2 aliphatic rings. The largest absolute Gasteiger partial charge is 0.490 e. The molecule has 1 unspecified atom stereocenters. The number of aryl methyl sites for hydroxylation is 1. The van der Waals surface area contributed by atoms with Crippen molar-refractivity contribution >= 4 is 5.91 Å². The first-order chi connectivity index (χ1) is 11.7. The van der Waals surface area contributed by atoms with Gasteiger partial charge in [-0.15, -0.1) is 10.2 Å². The number of carbonyl (C=O) groups excluding carboxylic acids is 1. The lowest BCUT2D eigenvalue weighted by Gasteiger charge is -2.15. The number of nitrogens with one attached hydrogen (secondary N) is 1. The van der Waals surface area contributed by atoms with Gasteiger partial charge in [-0.2, -0.15) is 0 Å². The summed E-state index contributed by atoms with van der Waals surface area (Å²) in [6, 6.07) is 5.07. The molecule has 0 saturated carbocycles. The van der Waals surface area contributed by atoms with Crippen LogP contribution in [0.2, 0.25) is 0 Å². The van der Waals surface area contributed by atoms with Gasteiger partial charge in [0.15, 0.2) is 17.3 Å². The number of nitrogens with zero attached hydrogens (tertiary/aromatic N) is 3. The topological polar surface area (TPSA) is 78.3 Å². The van der Waals surface area contributed by atoms with Crippen LogP contribution in [-0.2, 0) is 13.0 Å². The van der Waals surface area contributed by atoms with Crippen LogP contribution in [0.15, 0.2) is 18.2 Å². The zero-order valence-electron chi connectivity index (χ0n) is 13.6. The van der Waals surface area contributed by atoms with Gasteiger partial charge in [-0.25, -0.2) is 0 Å². The van der Waals surface area contributed by atoms with Crippen molar-refractivity contribution < 1.29 is 14.3 Å². The van der Waals surface area contributed by atoms with E-state index in [1.807, 2.05) is 6.92 Å². The van der Waals surface area contributed by atoms with E-state index in [0.717, 1.165) is 37.5 Å². The maximum atomic E-state index is 12.6. The highest BCUT2D eigenvalue weighted by molar-refractivity contribution is 5.95. The molecule has 0 aliphatic carbocycles. The predicted molar refractivity (Wildman–Crippen MR) is 86.3 cm³/mol. The SMILES string of the molecule is CC(NC(=O)c1ccc2c(c1)OCCCO2)c1nnc2n1CCC2. The molecule has 1 atom stereocenters. The van der Waals surface area contributed by atoms with Crippen molar-refractivity contribution in [2.45, 2.75) is 38.8 Å². The van der Waals surface area contributed by atoms with E-state index in [4.69, 9.17) is 9.47 Å². The zero-order chi connectivity index (χ0) is 16.5. The number of benzene rings is 1. The highest BCUT2D eigenvalue weighted by Crippen LogP contribution is 2.30. The van der Waals surface area contributed by atoms with E-state index in [9.17, 15) is 4.79 Å². The quantitative estimate of drug-likeness (QED) is 0.931. The van der Waals surface area contributed by atoms with Crippen molar-refractivity contribution in [1.82, 2.24) is 20.1 Å². The number of carbonyl (C=O) groups is 1. The Kier molecular flexibility index (Phi) is 3.84. The molecule has 7 nitrogen and oxygen atoms in total. The number of rotatable bonds is 3. The molecule has 24 heavy (non-hydrogen) atoms. The summed E-state index contributed by atoms with van der Waals surface area (Å²) in [7, 11) is 0. The van der Waals surface area contributed by atoms with Gasteiger partial charge in [0.25, 0.3) is 5.91 Å². The molecule has 4 rings (SSSR count). The minimum absolute atomic E-state index is 0.159.